The molecule has 7 nitrogen and oxygen atoms in total. The lowest BCUT2D eigenvalue weighted by Gasteiger charge is -2.17. The highest BCUT2D eigenvalue weighted by molar-refractivity contribution is 5.97. The molecule has 0 aliphatic heterocycles. The maximum Gasteiger partial charge on any atom is 0.260 e. The number of hydrogen-bond donors (Lipinski definition) is 1. The molecule has 3 aromatic rings. The number of nitrogens with zero attached hydrogens (tertiary/aromatic N) is 4. The summed E-state index contributed by atoms with van der Waals surface area (Å²) in [4.78, 5) is 30.4. The normalized spacial score (nSPS) is 10.9. The first-order valence-corrected chi connectivity index (χ1v) is 7.17. The Kier molecular flexibility index (Phi) is 3.69. The number of aromatic nitrogens is 4. The average Bonchev–Trinajstić information content (AvgIpc) is 2.95. The van der Waals surface area contributed by atoms with Crippen LogP contribution in [0.5, 0.6) is 0 Å². The third kappa shape index (κ3) is 2.73. The molecular weight excluding hydrogens is 294 g/mol. The number of aryl methyl sites for hydroxylation is 2. The van der Waals surface area contributed by atoms with E-state index in [0.717, 1.165) is 11.3 Å². The monoisotopic (exact) mass is 311 g/mol. The van der Waals surface area contributed by atoms with Crippen LogP contribution >= 0.6 is 0 Å². The Morgan fingerprint density at radius 2 is 2.17 bits per heavy atom. The van der Waals surface area contributed by atoms with E-state index in [1.807, 2.05) is 6.92 Å². The van der Waals surface area contributed by atoms with Crippen LogP contribution in [0.3, 0.4) is 0 Å². The van der Waals surface area contributed by atoms with Crippen LogP contribution in [-0.2, 0) is 13.6 Å². The Bertz CT molecular complexity index is 941. The highest BCUT2D eigenvalue weighted by Gasteiger charge is 2.15. The molecule has 1 aromatic carbocycles. The molecule has 0 aliphatic rings. The molecular formula is C16H17N5O2. The maximum absolute atomic E-state index is 12.6. The fourth-order valence-corrected chi connectivity index (χ4v) is 2.43. The van der Waals surface area contributed by atoms with Gasteiger partial charge < -0.3 is 9.47 Å². The number of carbonyl (C=O) groups is 1. The minimum Gasteiger partial charge on any atom is -0.337 e. The van der Waals surface area contributed by atoms with Gasteiger partial charge in [-0.1, -0.05) is 0 Å². The lowest BCUT2D eigenvalue weighted by atomic mass is 10.1. The number of H-pyrrole nitrogens is 1. The van der Waals surface area contributed by atoms with Crippen molar-refractivity contribution in [3.8, 4) is 0 Å². The van der Waals surface area contributed by atoms with Crippen LogP contribution in [0, 0.1) is 6.92 Å². The van der Waals surface area contributed by atoms with Gasteiger partial charge in [0.05, 0.1) is 23.4 Å². The van der Waals surface area contributed by atoms with E-state index in [1.165, 1.54) is 10.9 Å². The first-order valence-electron chi connectivity index (χ1n) is 7.17. The van der Waals surface area contributed by atoms with Crippen molar-refractivity contribution in [1.29, 1.82) is 0 Å². The highest BCUT2D eigenvalue weighted by atomic mass is 16.2. The van der Waals surface area contributed by atoms with Gasteiger partial charge in [0.25, 0.3) is 11.5 Å². The molecule has 0 atom stereocenters. The second-order valence-corrected chi connectivity index (χ2v) is 5.57. The number of carbonyl (C=O) groups excluding carboxylic acids is 1. The van der Waals surface area contributed by atoms with E-state index in [0.29, 0.717) is 23.0 Å². The van der Waals surface area contributed by atoms with Crippen LogP contribution in [-0.4, -0.2) is 37.6 Å². The van der Waals surface area contributed by atoms with Gasteiger partial charge in [-0.3, -0.25) is 14.7 Å². The lowest BCUT2D eigenvalue weighted by Crippen LogP contribution is -2.26. The zero-order chi connectivity index (χ0) is 16.6. The molecule has 0 unspecified atom stereocenters. The third-order valence-corrected chi connectivity index (χ3v) is 3.85. The van der Waals surface area contributed by atoms with Crippen molar-refractivity contribution < 1.29 is 4.79 Å². The zero-order valence-electron chi connectivity index (χ0n) is 13.2. The van der Waals surface area contributed by atoms with Gasteiger partial charge in [-0.05, 0) is 25.1 Å². The number of aromatic amines is 1. The molecule has 1 amide bonds. The number of nitrogens with one attached hydrogen (secondary N) is 1. The summed E-state index contributed by atoms with van der Waals surface area (Å²) >= 11 is 0. The van der Waals surface area contributed by atoms with E-state index in [4.69, 9.17) is 0 Å². The molecule has 0 spiro atoms. The Hall–Kier alpha value is -2.96. The highest BCUT2D eigenvalue weighted by Crippen LogP contribution is 2.14. The summed E-state index contributed by atoms with van der Waals surface area (Å²) in [7, 11) is 3.38. The van der Waals surface area contributed by atoms with E-state index < -0.39 is 0 Å². The number of fused-ring (bicyclic) bond motifs is 1. The molecule has 23 heavy (non-hydrogen) atoms. The maximum atomic E-state index is 12.6. The zero-order valence-corrected chi connectivity index (χ0v) is 13.2. The van der Waals surface area contributed by atoms with Crippen LogP contribution in [0.2, 0.25) is 0 Å². The van der Waals surface area contributed by atoms with Gasteiger partial charge in [0.15, 0.2) is 0 Å². The van der Waals surface area contributed by atoms with Gasteiger partial charge in [0, 0.05) is 37.5 Å². The quantitative estimate of drug-likeness (QED) is 0.788. The SMILES string of the molecule is Cc1[nH]ncc1CN(C)C(=O)c1ccc2c(=O)n(C)cnc2c1. The molecule has 0 radical (unpaired) electrons. The standard InChI is InChI=1S/C16H17N5O2/c1-10-12(7-18-19-10)8-20(2)15(22)11-4-5-13-14(6-11)17-9-21(3)16(13)23/h4-7,9H,8H2,1-3H3,(H,18,19). The summed E-state index contributed by atoms with van der Waals surface area (Å²) in [5.74, 6) is -0.130. The number of hydrogen-bond acceptors (Lipinski definition) is 4. The van der Waals surface area contributed by atoms with Crippen LogP contribution in [0.25, 0.3) is 10.9 Å². The molecule has 2 aromatic heterocycles. The summed E-state index contributed by atoms with van der Waals surface area (Å²) in [6, 6.07) is 4.96. The first-order chi connectivity index (χ1) is 11.0. The number of amides is 1. The van der Waals surface area contributed by atoms with Crippen molar-refractivity contribution in [1.82, 2.24) is 24.6 Å². The Labute approximate surface area is 132 Å². The third-order valence-electron chi connectivity index (χ3n) is 3.85. The molecule has 2 heterocycles. The predicted molar refractivity (Wildman–Crippen MR) is 86.1 cm³/mol. The lowest BCUT2D eigenvalue weighted by molar-refractivity contribution is 0.0785. The smallest absolute Gasteiger partial charge is 0.260 e. The minimum absolute atomic E-state index is 0.128. The van der Waals surface area contributed by atoms with Gasteiger partial charge in [0.2, 0.25) is 0 Å². The molecule has 7 heteroatoms. The number of rotatable bonds is 3. The first kappa shape index (κ1) is 15.0. The molecule has 0 aliphatic carbocycles. The molecule has 0 fully saturated rings. The average molecular weight is 311 g/mol. The van der Waals surface area contributed by atoms with Crippen molar-refractivity contribution in [3.63, 3.8) is 0 Å². The van der Waals surface area contributed by atoms with Crippen LogP contribution in [0.4, 0.5) is 0 Å². The van der Waals surface area contributed by atoms with E-state index in [2.05, 4.69) is 15.2 Å². The van der Waals surface area contributed by atoms with Gasteiger partial charge in [0.1, 0.15) is 0 Å². The fraction of sp³-hybridized carbons (Fsp3) is 0.250. The Balaban J connectivity index is 1.90. The van der Waals surface area contributed by atoms with E-state index in [-0.39, 0.29) is 11.5 Å². The molecule has 0 saturated carbocycles. The van der Waals surface area contributed by atoms with Crippen molar-refractivity contribution in [2.24, 2.45) is 7.05 Å². The Morgan fingerprint density at radius 3 is 2.87 bits per heavy atom. The summed E-state index contributed by atoms with van der Waals surface area (Å²) in [6.07, 6.45) is 3.17. The van der Waals surface area contributed by atoms with Crippen LogP contribution < -0.4 is 5.56 Å². The van der Waals surface area contributed by atoms with E-state index in [1.54, 1.807) is 43.4 Å². The van der Waals surface area contributed by atoms with Gasteiger partial charge in [-0.15, -0.1) is 0 Å². The van der Waals surface area contributed by atoms with Gasteiger partial charge >= 0.3 is 0 Å². The number of benzene rings is 1. The van der Waals surface area contributed by atoms with E-state index >= 15 is 0 Å². The topological polar surface area (TPSA) is 83.9 Å². The Morgan fingerprint density at radius 1 is 1.39 bits per heavy atom. The van der Waals surface area contributed by atoms with Gasteiger partial charge in [-0.25, -0.2) is 4.98 Å². The summed E-state index contributed by atoms with van der Waals surface area (Å²) in [5, 5.41) is 7.31. The predicted octanol–water partition coefficient (Wildman–Crippen LogP) is 1.24. The second kappa shape index (κ2) is 5.68. The molecule has 3 rings (SSSR count). The van der Waals surface area contributed by atoms with Crippen molar-refractivity contribution in [2.45, 2.75) is 13.5 Å². The molecule has 0 saturated heterocycles. The molecule has 118 valence electrons. The second-order valence-electron chi connectivity index (χ2n) is 5.57. The largest absolute Gasteiger partial charge is 0.337 e. The summed E-state index contributed by atoms with van der Waals surface area (Å²) in [6.45, 7) is 2.37. The molecule has 0 bridgehead atoms. The minimum atomic E-state index is -0.130. The van der Waals surface area contributed by atoms with Crippen molar-refractivity contribution >= 4 is 16.8 Å². The molecule has 1 N–H and O–H groups in total. The van der Waals surface area contributed by atoms with Gasteiger partial charge in [-0.2, -0.15) is 5.10 Å². The van der Waals surface area contributed by atoms with Crippen LogP contribution in [0.15, 0.2) is 35.5 Å². The van der Waals surface area contributed by atoms with Crippen molar-refractivity contribution in [2.75, 3.05) is 7.05 Å². The van der Waals surface area contributed by atoms with Crippen LogP contribution in [0.1, 0.15) is 21.6 Å². The summed E-state index contributed by atoms with van der Waals surface area (Å²) in [5.41, 5.74) is 2.80. The summed E-state index contributed by atoms with van der Waals surface area (Å²) < 4.78 is 1.41. The fourth-order valence-electron chi connectivity index (χ4n) is 2.43. The van der Waals surface area contributed by atoms with E-state index in [9.17, 15) is 9.59 Å². The van der Waals surface area contributed by atoms with Crippen molar-refractivity contribution in [3.05, 3.63) is 57.9 Å².